The minimum atomic E-state index is -0.0859. The van der Waals surface area contributed by atoms with Crippen LogP contribution in [0.15, 0.2) is 18.2 Å². The van der Waals surface area contributed by atoms with Gasteiger partial charge in [0.25, 0.3) is 5.91 Å². The first kappa shape index (κ1) is 18.5. The molecular formula is C17H22ClN5O3. The lowest BCUT2D eigenvalue weighted by Crippen LogP contribution is -2.30. The molecule has 0 aliphatic carbocycles. The van der Waals surface area contributed by atoms with Crippen LogP contribution in [0.1, 0.15) is 22.6 Å². The zero-order valence-electron chi connectivity index (χ0n) is 14.6. The molecule has 0 bridgehead atoms. The second-order valence-corrected chi connectivity index (χ2v) is 6.40. The Labute approximate surface area is 157 Å². The van der Waals surface area contributed by atoms with Gasteiger partial charge in [-0.05, 0) is 37.9 Å². The smallest absolute Gasteiger partial charge is 0.276 e. The summed E-state index contributed by atoms with van der Waals surface area (Å²) >= 11 is 0. The lowest BCUT2D eigenvalue weighted by atomic mass is 10.1. The third-order valence-electron chi connectivity index (χ3n) is 4.77. The number of hydrogen-bond donors (Lipinski definition) is 1. The highest BCUT2D eigenvalue weighted by Crippen LogP contribution is 2.32. The number of carbonyl (C=O) groups excluding carboxylic acids is 1. The molecule has 1 atom stereocenters. The Morgan fingerprint density at radius 3 is 2.81 bits per heavy atom. The maximum Gasteiger partial charge on any atom is 0.276 e. The van der Waals surface area contributed by atoms with Gasteiger partial charge >= 0.3 is 0 Å². The van der Waals surface area contributed by atoms with Crippen molar-refractivity contribution < 1.29 is 14.3 Å². The highest BCUT2D eigenvalue weighted by atomic mass is 35.5. The molecule has 8 nitrogen and oxygen atoms in total. The largest absolute Gasteiger partial charge is 0.486 e. The number of nitrogens with two attached hydrogens (primary N) is 1. The van der Waals surface area contributed by atoms with Gasteiger partial charge in [0.2, 0.25) is 0 Å². The fraction of sp³-hybridized carbons (Fsp3) is 0.471. The van der Waals surface area contributed by atoms with Gasteiger partial charge in [-0.25, -0.2) is 4.68 Å². The van der Waals surface area contributed by atoms with Crippen molar-refractivity contribution in [2.24, 2.45) is 11.7 Å². The molecule has 140 valence electrons. The topological polar surface area (TPSA) is 95.5 Å². The van der Waals surface area contributed by atoms with E-state index in [1.807, 2.05) is 30.0 Å². The molecule has 1 aromatic heterocycles. The predicted molar refractivity (Wildman–Crippen MR) is 97.4 cm³/mol. The third kappa shape index (κ3) is 3.22. The summed E-state index contributed by atoms with van der Waals surface area (Å²) in [6, 6.07) is 5.58. The Morgan fingerprint density at radius 2 is 2.08 bits per heavy atom. The molecule has 26 heavy (non-hydrogen) atoms. The summed E-state index contributed by atoms with van der Waals surface area (Å²) in [7, 11) is 0. The second-order valence-electron chi connectivity index (χ2n) is 6.40. The van der Waals surface area contributed by atoms with Gasteiger partial charge in [0.1, 0.15) is 13.2 Å². The lowest BCUT2D eigenvalue weighted by molar-refractivity contribution is 0.0781. The van der Waals surface area contributed by atoms with E-state index in [0.29, 0.717) is 55.1 Å². The number of nitrogens with zero attached hydrogens (tertiary/aromatic N) is 4. The summed E-state index contributed by atoms with van der Waals surface area (Å²) in [5.41, 5.74) is 7.58. The Kier molecular flexibility index (Phi) is 5.33. The lowest BCUT2D eigenvalue weighted by Gasteiger charge is -2.19. The number of hydrogen-bond acceptors (Lipinski definition) is 6. The molecule has 0 saturated carbocycles. The van der Waals surface area contributed by atoms with Crippen molar-refractivity contribution in [1.82, 2.24) is 19.9 Å². The molecule has 2 aromatic rings. The average Bonchev–Trinajstić information content (AvgIpc) is 3.27. The van der Waals surface area contributed by atoms with E-state index in [2.05, 4.69) is 10.3 Å². The summed E-state index contributed by atoms with van der Waals surface area (Å²) < 4.78 is 12.8. The number of halogens is 1. The normalized spacial score (nSPS) is 18.5. The second kappa shape index (κ2) is 7.51. The average molecular weight is 380 g/mol. The molecule has 1 aromatic carbocycles. The number of benzene rings is 1. The van der Waals surface area contributed by atoms with E-state index in [1.165, 1.54) is 0 Å². The maximum atomic E-state index is 12.7. The van der Waals surface area contributed by atoms with Gasteiger partial charge in [-0.2, -0.15) is 0 Å². The first-order valence-corrected chi connectivity index (χ1v) is 8.49. The summed E-state index contributed by atoms with van der Waals surface area (Å²) in [5.74, 6) is 1.68. The third-order valence-corrected chi connectivity index (χ3v) is 4.77. The molecular weight excluding hydrogens is 358 g/mol. The quantitative estimate of drug-likeness (QED) is 0.860. The molecule has 1 unspecified atom stereocenters. The number of fused-ring (bicyclic) bond motifs is 1. The highest BCUT2D eigenvalue weighted by Gasteiger charge is 2.29. The molecule has 1 saturated heterocycles. The zero-order chi connectivity index (χ0) is 17.4. The summed E-state index contributed by atoms with van der Waals surface area (Å²) in [6.45, 7) is 4.93. The van der Waals surface area contributed by atoms with E-state index in [4.69, 9.17) is 15.2 Å². The van der Waals surface area contributed by atoms with Gasteiger partial charge < -0.3 is 20.1 Å². The van der Waals surface area contributed by atoms with E-state index in [-0.39, 0.29) is 18.3 Å². The van der Waals surface area contributed by atoms with Crippen molar-refractivity contribution in [2.45, 2.75) is 13.3 Å². The minimum Gasteiger partial charge on any atom is -0.486 e. The van der Waals surface area contributed by atoms with Crippen molar-refractivity contribution in [3.63, 3.8) is 0 Å². The number of carbonyl (C=O) groups is 1. The molecule has 2 aliphatic heterocycles. The standard InChI is InChI=1S/C17H21N5O3.ClH/c1-11-16(17(23)21-5-4-12(9-18)10-21)19-20-22(11)13-2-3-14-15(8-13)25-7-6-24-14;/h2-3,8,12H,4-7,9-10,18H2,1H3;1H. The molecule has 4 rings (SSSR count). The fourth-order valence-electron chi connectivity index (χ4n) is 3.30. The van der Waals surface area contributed by atoms with Gasteiger partial charge in [-0.15, -0.1) is 17.5 Å². The van der Waals surface area contributed by atoms with Crippen LogP contribution in [0.25, 0.3) is 5.69 Å². The molecule has 1 amide bonds. The van der Waals surface area contributed by atoms with Crippen LogP contribution in [0.4, 0.5) is 0 Å². The minimum absolute atomic E-state index is 0. The number of ether oxygens (including phenoxy) is 2. The molecule has 0 spiro atoms. The van der Waals surface area contributed by atoms with Gasteiger partial charge in [0.05, 0.1) is 11.4 Å². The first-order valence-electron chi connectivity index (χ1n) is 8.49. The van der Waals surface area contributed by atoms with Gasteiger partial charge in [0.15, 0.2) is 17.2 Å². The van der Waals surface area contributed by atoms with Crippen LogP contribution in [-0.4, -0.2) is 58.6 Å². The number of rotatable bonds is 3. The van der Waals surface area contributed by atoms with E-state index < -0.39 is 0 Å². The Morgan fingerprint density at radius 1 is 1.31 bits per heavy atom. The number of aromatic nitrogens is 3. The van der Waals surface area contributed by atoms with Gasteiger partial charge in [-0.1, -0.05) is 5.21 Å². The van der Waals surface area contributed by atoms with Crippen molar-refractivity contribution in [3.8, 4) is 17.2 Å². The van der Waals surface area contributed by atoms with E-state index >= 15 is 0 Å². The van der Waals surface area contributed by atoms with Crippen LogP contribution in [0.3, 0.4) is 0 Å². The van der Waals surface area contributed by atoms with Crippen LogP contribution in [0, 0.1) is 12.8 Å². The molecule has 1 fully saturated rings. The van der Waals surface area contributed by atoms with Crippen molar-refractivity contribution in [2.75, 3.05) is 32.8 Å². The maximum absolute atomic E-state index is 12.7. The first-order chi connectivity index (χ1) is 12.2. The van der Waals surface area contributed by atoms with Gasteiger partial charge in [0, 0.05) is 19.2 Å². The Hall–Kier alpha value is -2.32. The highest BCUT2D eigenvalue weighted by molar-refractivity contribution is 5.93. The summed E-state index contributed by atoms with van der Waals surface area (Å²) in [4.78, 5) is 14.5. The van der Waals surface area contributed by atoms with E-state index in [0.717, 1.165) is 18.7 Å². The van der Waals surface area contributed by atoms with Crippen LogP contribution in [0.5, 0.6) is 11.5 Å². The van der Waals surface area contributed by atoms with Crippen molar-refractivity contribution in [3.05, 3.63) is 29.6 Å². The van der Waals surface area contributed by atoms with Crippen molar-refractivity contribution >= 4 is 18.3 Å². The molecule has 2 N–H and O–H groups in total. The van der Waals surface area contributed by atoms with Crippen LogP contribution in [0.2, 0.25) is 0 Å². The van der Waals surface area contributed by atoms with E-state index in [9.17, 15) is 4.79 Å². The van der Waals surface area contributed by atoms with E-state index in [1.54, 1.807) is 4.68 Å². The molecule has 9 heteroatoms. The fourth-order valence-corrected chi connectivity index (χ4v) is 3.30. The molecule has 2 aliphatic rings. The Balaban J connectivity index is 0.00000196. The number of amides is 1. The van der Waals surface area contributed by atoms with Gasteiger partial charge in [-0.3, -0.25) is 4.79 Å². The predicted octanol–water partition coefficient (Wildman–Crippen LogP) is 1.19. The monoisotopic (exact) mass is 379 g/mol. The zero-order valence-corrected chi connectivity index (χ0v) is 15.4. The summed E-state index contributed by atoms with van der Waals surface area (Å²) in [5, 5.41) is 8.28. The van der Waals surface area contributed by atoms with Crippen LogP contribution >= 0.6 is 12.4 Å². The SMILES string of the molecule is Cc1c(C(=O)N2CCC(CN)C2)nnn1-c1ccc2c(c1)OCCO2.Cl. The molecule has 3 heterocycles. The van der Waals surface area contributed by atoms with Crippen LogP contribution < -0.4 is 15.2 Å². The molecule has 0 radical (unpaired) electrons. The number of likely N-dealkylation sites (tertiary alicyclic amines) is 1. The van der Waals surface area contributed by atoms with Crippen LogP contribution in [-0.2, 0) is 0 Å². The summed E-state index contributed by atoms with van der Waals surface area (Å²) in [6.07, 6.45) is 0.942. The Bertz CT molecular complexity index is 810. The van der Waals surface area contributed by atoms with Crippen molar-refractivity contribution in [1.29, 1.82) is 0 Å².